The van der Waals surface area contributed by atoms with Crippen LogP contribution in [0.2, 0.25) is 0 Å². The van der Waals surface area contributed by atoms with E-state index in [1.54, 1.807) is 6.92 Å². The normalized spacial score (nSPS) is 16.5. The van der Waals surface area contributed by atoms with Gasteiger partial charge in [-0.2, -0.15) is 4.31 Å². The number of carbonyl (C=O) groups is 1. The van der Waals surface area contributed by atoms with Crippen LogP contribution in [0.4, 0.5) is 0 Å². The van der Waals surface area contributed by atoms with Crippen LogP contribution in [0.15, 0.2) is 28.0 Å². The van der Waals surface area contributed by atoms with Crippen molar-refractivity contribution in [1.29, 1.82) is 0 Å². The molecule has 0 radical (unpaired) electrons. The first-order valence-electron chi connectivity index (χ1n) is 8.68. The molecule has 0 spiro atoms. The summed E-state index contributed by atoms with van der Waals surface area (Å²) in [4.78, 5) is 24.0. The first-order chi connectivity index (χ1) is 12.4. The molecule has 0 unspecified atom stereocenters. The minimum Gasteiger partial charge on any atom is -0.465 e. The molecule has 142 valence electrons. The van der Waals surface area contributed by atoms with Gasteiger partial charge in [0.05, 0.1) is 11.5 Å². The number of sulfonamides is 1. The highest BCUT2D eigenvalue weighted by molar-refractivity contribution is 7.89. The van der Waals surface area contributed by atoms with E-state index < -0.39 is 21.7 Å². The molecule has 0 aliphatic carbocycles. The number of pyridine rings is 1. The van der Waals surface area contributed by atoms with Crippen molar-refractivity contribution in [3.05, 3.63) is 28.8 Å². The quantitative estimate of drug-likeness (QED) is 0.703. The largest absolute Gasteiger partial charge is 0.465 e. The third kappa shape index (κ3) is 3.65. The molecule has 1 fully saturated rings. The average molecular weight is 382 g/mol. The number of esters is 1. The molecule has 3 rings (SSSR count). The Bertz CT molecular complexity index is 955. The van der Waals surface area contributed by atoms with Gasteiger partial charge in [-0.25, -0.2) is 22.3 Å². The molecular formula is C16H22N4O5S. The maximum atomic E-state index is 12.9. The summed E-state index contributed by atoms with van der Waals surface area (Å²) < 4.78 is 34.1. The minimum atomic E-state index is -3.67. The Balaban J connectivity index is 1.94. The standard InChI is InChI=1S/C16H22N4O5S/c1-2-25-15(21)12-20-16(22)19-11-13(7-8-14(19)17-20)26(23,24)18-9-5-3-4-6-10-18/h7-8,11H,2-6,9-10,12H2,1H3. The highest BCUT2D eigenvalue weighted by atomic mass is 32.2. The lowest BCUT2D eigenvalue weighted by atomic mass is 10.2. The highest BCUT2D eigenvalue weighted by Gasteiger charge is 2.26. The Morgan fingerprint density at radius 3 is 2.54 bits per heavy atom. The molecule has 10 heteroatoms. The molecule has 0 aromatic carbocycles. The zero-order valence-electron chi connectivity index (χ0n) is 14.6. The number of aromatic nitrogens is 3. The van der Waals surface area contributed by atoms with E-state index in [4.69, 9.17) is 4.74 Å². The molecular weight excluding hydrogens is 360 g/mol. The van der Waals surface area contributed by atoms with Crippen LogP contribution in [-0.2, 0) is 26.1 Å². The van der Waals surface area contributed by atoms with Gasteiger partial charge < -0.3 is 4.74 Å². The van der Waals surface area contributed by atoms with Gasteiger partial charge in [0.15, 0.2) is 5.65 Å². The smallest absolute Gasteiger partial charge is 0.350 e. The second-order valence-electron chi connectivity index (χ2n) is 6.16. The monoisotopic (exact) mass is 382 g/mol. The number of carbonyl (C=O) groups excluding carboxylic acids is 1. The Kier molecular flexibility index (Phi) is 5.42. The van der Waals surface area contributed by atoms with Crippen LogP contribution in [0.5, 0.6) is 0 Å². The van der Waals surface area contributed by atoms with E-state index >= 15 is 0 Å². The Morgan fingerprint density at radius 2 is 1.88 bits per heavy atom. The van der Waals surface area contributed by atoms with Crippen LogP contribution in [0.3, 0.4) is 0 Å². The second kappa shape index (κ2) is 7.58. The van der Waals surface area contributed by atoms with E-state index in [1.807, 2.05) is 0 Å². The summed E-state index contributed by atoms with van der Waals surface area (Å²) in [6, 6.07) is 2.91. The topological polar surface area (TPSA) is 103 Å². The van der Waals surface area contributed by atoms with Gasteiger partial charge in [0, 0.05) is 19.3 Å². The Labute approximate surface area is 151 Å². The number of hydrogen-bond donors (Lipinski definition) is 0. The van der Waals surface area contributed by atoms with E-state index in [0.29, 0.717) is 13.1 Å². The fraction of sp³-hybridized carbons (Fsp3) is 0.562. The maximum Gasteiger partial charge on any atom is 0.350 e. The maximum absolute atomic E-state index is 12.9. The molecule has 9 nitrogen and oxygen atoms in total. The average Bonchev–Trinajstić information content (AvgIpc) is 2.81. The van der Waals surface area contributed by atoms with Gasteiger partial charge in [-0.3, -0.25) is 4.79 Å². The lowest BCUT2D eigenvalue weighted by Crippen LogP contribution is -2.32. The lowest BCUT2D eigenvalue weighted by molar-refractivity contribution is -0.144. The van der Waals surface area contributed by atoms with E-state index in [2.05, 4.69) is 5.10 Å². The molecule has 1 aliphatic rings. The summed E-state index contributed by atoms with van der Waals surface area (Å²) in [7, 11) is -3.67. The van der Waals surface area contributed by atoms with Crippen LogP contribution < -0.4 is 5.69 Å². The molecule has 0 bridgehead atoms. The third-order valence-electron chi connectivity index (χ3n) is 4.34. The van der Waals surface area contributed by atoms with E-state index in [-0.39, 0.29) is 23.7 Å². The molecule has 0 N–H and O–H groups in total. The number of ether oxygens (including phenoxy) is 1. The molecule has 0 amide bonds. The molecule has 3 heterocycles. The van der Waals surface area contributed by atoms with Crippen molar-refractivity contribution in [3.63, 3.8) is 0 Å². The highest BCUT2D eigenvalue weighted by Crippen LogP contribution is 2.20. The van der Waals surface area contributed by atoms with Gasteiger partial charge in [0.2, 0.25) is 10.0 Å². The van der Waals surface area contributed by atoms with Gasteiger partial charge in [-0.15, -0.1) is 5.10 Å². The van der Waals surface area contributed by atoms with Gasteiger partial charge >= 0.3 is 11.7 Å². The summed E-state index contributed by atoms with van der Waals surface area (Å²) in [6.45, 7) is 2.53. The first-order valence-corrected chi connectivity index (χ1v) is 10.1. The van der Waals surface area contributed by atoms with Crippen LogP contribution in [0.1, 0.15) is 32.6 Å². The number of fused-ring (bicyclic) bond motifs is 1. The summed E-state index contributed by atoms with van der Waals surface area (Å²) in [5.74, 6) is -0.574. The third-order valence-corrected chi connectivity index (χ3v) is 6.22. The Hall–Kier alpha value is -2.20. The van der Waals surface area contributed by atoms with Crippen molar-refractivity contribution in [1.82, 2.24) is 18.5 Å². The molecule has 1 saturated heterocycles. The SMILES string of the molecule is CCOC(=O)Cn1nc2ccc(S(=O)(=O)N3CCCCCC3)cn2c1=O. The van der Waals surface area contributed by atoms with Gasteiger partial charge in [-0.05, 0) is 31.9 Å². The fourth-order valence-corrected chi connectivity index (χ4v) is 4.53. The van der Waals surface area contributed by atoms with Crippen LogP contribution >= 0.6 is 0 Å². The van der Waals surface area contributed by atoms with Gasteiger partial charge in [0.25, 0.3) is 0 Å². The summed E-state index contributed by atoms with van der Waals surface area (Å²) in [6.07, 6.45) is 4.97. The van der Waals surface area contributed by atoms with Crippen LogP contribution in [0.25, 0.3) is 5.65 Å². The van der Waals surface area contributed by atoms with E-state index in [9.17, 15) is 18.0 Å². The minimum absolute atomic E-state index is 0.0460. The summed E-state index contributed by atoms with van der Waals surface area (Å²) in [5.41, 5.74) is -0.310. The zero-order valence-corrected chi connectivity index (χ0v) is 15.4. The molecule has 0 atom stereocenters. The van der Waals surface area contributed by atoms with Crippen LogP contribution in [0, 0.1) is 0 Å². The van der Waals surface area contributed by atoms with Gasteiger partial charge in [0.1, 0.15) is 6.54 Å². The summed E-state index contributed by atoms with van der Waals surface area (Å²) in [5, 5.41) is 4.04. The second-order valence-corrected chi connectivity index (χ2v) is 8.09. The zero-order chi connectivity index (χ0) is 18.7. The van der Waals surface area contributed by atoms with Crippen LogP contribution in [-0.4, -0.2) is 52.6 Å². The lowest BCUT2D eigenvalue weighted by Gasteiger charge is -2.19. The van der Waals surface area contributed by atoms with E-state index in [0.717, 1.165) is 34.8 Å². The Morgan fingerprint density at radius 1 is 1.19 bits per heavy atom. The van der Waals surface area contributed by atoms with Crippen molar-refractivity contribution in [2.75, 3.05) is 19.7 Å². The summed E-state index contributed by atoms with van der Waals surface area (Å²) >= 11 is 0. The first kappa shape index (κ1) is 18.6. The molecule has 2 aromatic rings. The predicted molar refractivity (Wildman–Crippen MR) is 93.3 cm³/mol. The fourth-order valence-electron chi connectivity index (χ4n) is 3.01. The molecule has 2 aromatic heterocycles. The van der Waals surface area contributed by atoms with Crippen molar-refractivity contribution in [2.45, 2.75) is 44.0 Å². The number of hydrogen-bond acceptors (Lipinski definition) is 6. The van der Waals surface area contributed by atoms with Crippen molar-refractivity contribution in [3.8, 4) is 0 Å². The number of rotatable bonds is 5. The molecule has 1 aliphatic heterocycles. The molecule has 0 saturated carbocycles. The predicted octanol–water partition coefficient (Wildman–Crippen LogP) is 0.624. The number of nitrogens with zero attached hydrogens (tertiary/aromatic N) is 4. The van der Waals surface area contributed by atoms with E-state index in [1.165, 1.54) is 22.6 Å². The van der Waals surface area contributed by atoms with Gasteiger partial charge in [-0.1, -0.05) is 12.8 Å². The van der Waals surface area contributed by atoms with Crippen molar-refractivity contribution >= 4 is 21.6 Å². The van der Waals surface area contributed by atoms with Crippen molar-refractivity contribution in [2.24, 2.45) is 0 Å². The molecule has 26 heavy (non-hydrogen) atoms. The van der Waals surface area contributed by atoms with Crippen molar-refractivity contribution < 1.29 is 17.9 Å².